The van der Waals surface area contributed by atoms with Gasteiger partial charge >= 0.3 is 51.4 Å². The van der Waals surface area contributed by atoms with Crippen LogP contribution in [0, 0.1) is 0 Å². The monoisotopic (exact) mass is 486 g/mol. The number of rotatable bonds is 15. The molecule has 0 amide bonds. The molecule has 0 aliphatic rings. The van der Waals surface area contributed by atoms with Gasteiger partial charge in [-0.05, 0) is 30.5 Å². The van der Waals surface area contributed by atoms with Gasteiger partial charge in [-0.3, -0.25) is 4.55 Å². The fourth-order valence-corrected chi connectivity index (χ4v) is 4.45. The number of aryl methyl sites for hydroxylation is 1. The van der Waals surface area contributed by atoms with Gasteiger partial charge in [0.2, 0.25) is 0 Å². The first-order valence-electron chi connectivity index (χ1n) is 11.5. The topological polar surface area (TPSA) is 86.7 Å². The molecule has 0 aromatic heterocycles. The van der Waals surface area contributed by atoms with Crippen molar-refractivity contribution in [2.75, 3.05) is 0 Å². The van der Waals surface area contributed by atoms with Crippen molar-refractivity contribution < 1.29 is 74.2 Å². The van der Waals surface area contributed by atoms with E-state index in [9.17, 15) is 18.1 Å². The van der Waals surface area contributed by atoms with Crippen molar-refractivity contribution in [1.29, 1.82) is 0 Å². The fourth-order valence-electron chi connectivity index (χ4n) is 3.69. The van der Waals surface area contributed by atoms with E-state index in [1.165, 1.54) is 69.6 Å². The largest absolute Gasteiger partial charge is 1.00 e. The summed E-state index contributed by atoms with van der Waals surface area (Å²) in [7, 11) is -4.38. The first kappa shape index (κ1) is 29.6. The van der Waals surface area contributed by atoms with Gasteiger partial charge in [0, 0.05) is 6.07 Å². The molecule has 0 atom stereocenters. The van der Waals surface area contributed by atoms with Crippen molar-refractivity contribution in [3.63, 3.8) is 0 Å². The molecule has 7 heteroatoms. The maximum atomic E-state index is 11.9. The average Bonchev–Trinajstić information content (AvgIpc) is 2.73. The summed E-state index contributed by atoms with van der Waals surface area (Å²) in [4.78, 5) is -0.152. The molecule has 0 saturated carbocycles. The Morgan fingerprint density at radius 2 is 1.41 bits per heavy atom. The zero-order valence-corrected chi connectivity index (χ0v) is 23.5. The molecular weight excluding hydrogens is 451 g/mol. The van der Waals surface area contributed by atoms with Crippen molar-refractivity contribution in [2.24, 2.45) is 0 Å². The van der Waals surface area contributed by atoms with Gasteiger partial charge in [0.1, 0.15) is 16.4 Å². The van der Waals surface area contributed by atoms with Gasteiger partial charge < -0.3 is 9.84 Å². The van der Waals surface area contributed by atoms with Gasteiger partial charge in [-0.1, -0.05) is 101 Å². The van der Waals surface area contributed by atoms with E-state index in [1.807, 2.05) is 0 Å². The Hall–Kier alpha value is -0.414. The van der Waals surface area contributed by atoms with Crippen molar-refractivity contribution in [3.05, 3.63) is 48.0 Å². The second kappa shape index (κ2) is 16.3. The predicted molar refractivity (Wildman–Crippen MR) is 122 cm³/mol. The Bertz CT molecular complexity index is 899. The third-order valence-corrected chi connectivity index (χ3v) is 6.38. The van der Waals surface area contributed by atoms with E-state index in [-0.39, 0.29) is 73.5 Å². The minimum absolute atomic E-state index is 0. The second-order valence-corrected chi connectivity index (χ2v) is 9.47. The van der Waals surface area contributed by atoms with Gasteiger partial charge in [0.25, 0.3) is 10.1 Å². The molecule has 5 nitrogen and oxygen atoms in total. The summed E-state index contributed by atoms with van der Waals surface area (Å²) >= 11 is 0. The number of ether oxygens (including phenoxy) is 1. The molecule has 0 aliphatic carbocycles. The number of hydrogen-bond donors (Lipinski definition) is 1. The first-order chi connectivity index (χ1) is 14.9. The minimum atomic E-state index is -4.38. The van der Waals surface area contributed by atoms with E-state index < -0.39 is 10.1 Å². The maximum Gasteiger partial charge on any atom is 1.00 e. The summed E-state index contributed by atoms with van der Waals surface area (Å²) in [5.41, 5.74) is 0.571. The molecule has 0 bridgehead atoms. The van der Waals surface area contributed by atoms with Crippen LogP contribution in [0.2, 0.25) is 0 Å². The third-order valence-electron chi connectivity index (χ3n) is 5.44. The van der Waals surface area contributed by atoms with Gasteiger partial charge in [0.05, 0.1) is 0 Å². The van der Waals surface area contributed by atoms with Crippen LogP contribution in [0.4, 0.5) is 0 Å². The summed E-state index contributed by atoms with van der Waals surface area (Å²) in [5.74, 6) is 0.0291. The minimum Gasteiger partial charge on any atom is -0.870 e. The van der Waals surface area contributed by atoms with Crippen molar-refractivity contribution in [2.45, 2.75) is 88.9 Å². The molecule has 0 spiro atoms. The van der Waals surface area contributed by atoms with Crippen molar-refractivity contribution >= 4 is 10.1 Å². The van der Waals surface area contributed by atoms with Crippen LogP contribution in [-0.2, 0) is 16.5 Å². The smallest absolute Gasteiger partial charge is 0.870 e. The predicted octanol–water partition coefficient (Wildman–Crippen LogP) is 3.66. The van der Waals surface area contributed by atoms with Crippen LogP contribution >= 0.6 is 0 Å². The van der Waals surface area contributed by atoms with Crippen LogP contribution in [-0.4, -0.2) is 13.0 Å². The molecule has 2 aromatic rings. The summed E-state index contributed by atoms with van der Waals surface area (Å²) < 4.78 is 38.9. The molecule has 0 saturated heterocycles. The van der Waals surface area contributed by atoms with Crippen LogP contribution in [0.25, 0.3) is 0 Å². The first-order valence-corrected chi connectivity index (χ1v) is 12.9. The molecule has 0 radical (unpaired) electrons. The number of unbranched alkanes of at least 4 members (excludes halogenated alkanes) is 10. The summed E-state index contributed by atoms with van der Waals surface area (Å²) in [6.07, 6.45) is 14.0. The van der Waals surface area contributed by atoms with Crippen LogP contribution in [0.15, 0.2) is 47.4 Å². The maximum absolute atomic E-state index is 11.9. The van der Waals surface area contributed by atoms with Crippen molar-refractivity contribution in [3.8, 4) is 17.2 Å². The summed E-state index contributed by atoms with van der Waals surface area (Å²) in [6.45, 7) is 2.23. The van der Waals surface area contributed by atoms with Gasteiger partial charge in [-0.15, -0.1) is 0 Å². The van der Waals surface area contributed by atoms with Gasteiger partial charge in [-0.2, -0.15) is 8.42 Å². The van der Waals surface area contributed by atoms with Crippen molar-refractivity contribution in [1.82, 2.24) is 0 Å². The van der Waals surface area contributed by atoms with E-state index in [0.29, 0.717) is 12.0 Å². The molecule has 32 heavy (non-hydrogen) atoms. The molecule has 172 valence electrons. The van der Waals surface area contributed by atoms with Crippen LogP contribution in [0.1, 0.15) is 83.1 Å². The number of para-hydroxylation sites is 2. The zero-order valence-electron chi connectivity index (χ0n) is 19.5. The molecule has 0 heterocycles. The average molecular weight is 487 g/mol. The Kier molecular flexibility index (Phi) is 15.0. The fraction of sp³-hybridized carbons (Fsp3) is 0.520. The molecule has 2 aromatic carbocycles. The molecule has 1 N–H and O–H groups in total. The molecule has 0 unspecified atom stereocenters. The second-order valence-electron chi connectivity index (χ2n) is 8.08. The van der Waals surface area contributed by atoms with E-state index in [2.05, 4.69) is 6.92 Å². The van der Waals surface area contributed by atoms with E-state index in [0.717, 1.165) is 19.3 Å². The molecule has 2 rings (SSSR count). The standard InChI is InChI=1S/C25H36O5S.K/c1-2-3-4-5-6-7-8-9-10-11-12-15-21-18-19-22(20-25(21)31(27,28)29)30-24-17-14-13-16-23(24)26;/h13-14,16-20,26H,2-12,15H2,1H3,(H,27,28,29);/q;+1/p-1. The SMILES string of the molecule is CCCCCCCCCCCCCc1ccc(Oc2ccccc2[O-])cc1S(=O)(=O)O.[K+]. The van der Waals surface area contributed by atoms with E-state index >= 15 is 0 Å². The molecule has 0 aliphatic heterocycles. The number of benzene rings is 2. The Morgan fingerprint density at radius 1 is 0.844 bits per heavy atom. The van der Waals surface area contributed by atoms with E-state index in [1.54, 1.807) is 24.3 Å². The Morgan fingerprint density at radius 3 is 1.97 bits per heavy atom. The van der Waals surface area contributed by atoms with Crippen LogP contribution < -0.4 is 61.2 Å². The number of hydrogen-bond acceptors (Lipinski definition) is 4. The Labute approximate surface area is 236 Å². The normalized spacial score (nSPS) is 11.2. The summed E-state index contributed by atoms with van der Waals surface area (Å²) in [6, 6.07) is 10.7. The quantitative estimate of drug-likeness (QED) is 0.236. The van der Waals surface area contributed by atoms with Gasteiger partial charge in [0.15, 0.2) is 0 Å². The molecular formula is C25H35KO5S. The zero-order chi connectivity index (χ0) is 22.5. The summed E-state index contributed by atoms with van der Waals surface area (Å²) in [5, 5.41) is 11.8. The molecule has 0 fully saturated rings. The van der Waals surface area contributed by atoms with E-state index in [4.69, 9.17) is 4.74 Å². The third kappa shape index (κ3) is 11.1. The van der Waals surface area contributed by atoms with Gasteiger partial charge in [-0.25, -0.2) is 0 Å². The van der Waals surface area contributed by atoms with Crippen LogP contribution in [0.5, 0.6) is 17.2 Å². The Balaban J connectivity index is 0.00000512. The van der Waals surface area contributed by atoms with Crippen LogP contribution in [0.3, 0.4) is 0 Å².